The molecular formula is C13H19N3. The number of hydrogen-bond acceptors (Lipinski definition) is 3. The summed E-state index contributed by atoms with van der Waals surface area (Å²) in [5.74, 6) is 1.31. The predicted octanol–water partition coefficient (Wildman–Crippen LogP) is 3.03. The first-order valence-electron chi connectivity index (χ1n) is 5.70. The first kappa shape index (κ1) is 12.5. The van der Waals surface area contributed by atoms with E-state index in [1.165, 1.54) is 0 Å². The Kier molecular flexibility index (Phi) is 4.30. The van der Waals surface area contributed by atoms with E-state index in [9.17, 15) is 0 Å². The third kappa shape index (κ3) is 2.96. The largest absolute Gasteiger partial charge is 0.369 e. The van der Waals surface area contributed by atoms with Gasteiger partial charge in [0.15, 0.2) is 0 Å². The van der Waals surface area contributed by atoms with Crippen LogP contribution in [0.25, 0.3) is 0 Å². The summed E-state index contributed by atoms with van der Waals surface area (Å²) in [5, 5.41) is 12.3. The van der Waals surface area contributed by atoms with Crippen molar-refractivity contribution in [2.75, 3.05) is 11.9 Å². The topological polar surface area (TPSA) is 48.7 Å². The molecule has 1 atom stereocenters. The molecule has 0 radical (unpaired) electrons. The molecule has 1 unspecified atom stereocenters. The standard InChI is InChI=1S/C13H19N3/c1-5-9(2)8-15-13-12(7-14)10(3)6-11(4)16-13/h6,9H,5,8H2,1-4H3,(H,15,16). The second kappa shape index (κ2) is 5.50. The molecule has 0 saturated heterocycles. The number of pyridine rings is 1. The van der Waals surface area contributed by atoms with E-state index in [1.807, 2.05) is 19.9 Å². The van der Waals surface area contributed by atoms with Crippen LogP contribution in [0.3, 0.4) is 0 Å². The third-order valence-electron chi connectivity index (χ3n) is 2.77. The highest BCUT2D eigenvalue weighted by Gasteiger charge is 2.08. The van der Waals surface area contributed by atoms with Gasteiger partial charge >= 0.3 is 0 Å². The zero-order valence-electron chi connectivity index (χ0n) is 10.5. The lowest BCUT2D eigenvalue weighted by Gasteiger charge is -2.13. The Hall–Kier alpha value is -1.56. The van der Waals surface area contributed by atoms with Gasteiger partial charge in [-0.1, -0.05) is 20.3 Å². The maximum absolute atomic E-state index is 9.08. The lowest BCUT2D eigenvalue weighted by Crippen LogP contribution is -2.13. The van der Waals surface area contributed by atoms with Crippen molar-refractivity contribution in [3.05, 3.63) is 22.9 Å². The van der Waals surface area contributed by atoms with Gasteiger partial charge in [-0.15, -0.1) is 0 Å². The van der Waals surface area contributed by atoms with Crippen molar-refractivity contribution in [1.82, 2.24) is 4.98 Å². The van der Waals surface area contributed by atoms with Gasteiger partial charge in [0, 0.05) is 12.2 Å². The summed E-state index contributed by atoms with van der Waals surface area (Å²) in [6.45, 7) is 9.10. The summed E-state index contributed by atoms with van der Waals surface area (Å²) in [6, 6.07) is 4.15. The van der Waals surface area contributed by atoms with E-state index in [1.54, 1.807) is 0 Å². The number of nitrogens with zero attached hydrogens (tertiary/aromatic N) is 2. The zero-order chi connectivity index (χ0) is 12.1. The van der Waals surface area contributed by atoms with Crippen molar-refractivity contribution in [3.63, 3.8) is 0 Å². The normalized spacial score (nSPS) is 11.9. The quantitative estimate of drug-likeness (QED) is 0.843. The Morgan fingerprint density at radius 2 is 2.19 bits per heavy atom. The van der Waals surface area contributed by atoms with Crippen LogP contribution in [-0.2, 0) is 0 Å². The maximum atomic E-state index is 9.08. The lowest BCUT2D eigenvalue weighted by atomic mass is 10.1. The molecule has 0 fully saturated rings. The number of nitrogens with one attached hydrogen (secondary N) is 1. The van der Waals surface area contributed by atoms with Crippen LogP contribution in [0.4, 0.5) is 5.82 Å². The number of hydrogen-bond donors (Lipinski definition) is 1. The second-order valence-corrected chi connectivity index (χ2v) is 4.31. The molecule has 1 heterocycles. The molecule has 0 aliphatic carbocycles. The molecule has 0 bridgehead atoms. The fourth-order valence-corrected chi connectivity index (χ4v) is 1.52. The molecule has 86 valence electrons. The molecule has 16 heavy (non-hydrogen) atoms. The van der Waals surface area contributed by atoms with Crippen molar-refractivity contribution < 1.29 is 0 Å². The first-order valence-corrected chi connectivity index (χ1v) is 5.70. The summed E-state index contributed by atoms with van der Waals surface area (Å²) < 4.78 is 0. The van der Waals surface area contributed by atoms with E-state index in [4.69, 9.17) is 5.26 Å². The van der Waals surface area contributed by atoms with Crippen LogP contribution in [0.5, 0.6) is 0 Å². The predicted molar refractivity (Wildman–Crippen MR) is 66.4 cm³/mol. The fourth-order valence-electron chi connectivity index (χ4n) is 1.52. The first-order chi connectivity index (χ1) is 7.58. The van der Waals surface area contributed by atoms with Crippen molar-refractivity contribution in [3.8, 4) is 6.07 Å². The molecule has 3 heteroatoms. The van der Waals surface area contributed by atoms with Gasteiger partial charge < -0.3 is 5.32 Å². The Bertz CT molecular complexity index is 404. The van der Waals surface area contributed by atoms with E-state index in [-0.39, 0.29) is 0 Å². The van der Waals surface area contributed by atoms with Crippen LogP contribution in [0, 0.1) is 31.1 Å². The van der Waals surface area contributed by atoms with Gasteiger partial charge in [0.2, 0.25) is 0 Å². The Morgan fingerprint density at radius 3 is 2.75 bits per heavy atom. The molecule has 0 aliphatic rings. The smallest absolute Gasteiger partial charge is 0.144 e. The lowest BCUT2D eigenvalue weighted by molar-refractivity contribution is 0.592. The molecular weight excluding hydrogens is 198 g/mol. The minimum absolute atomic E-state index is 0.592. The zero-order valence-corrected chi connectivity index (χ0v) is 10.5. The summed E-state index contributed by atoms with van der Waals surface area (Å²) >= 11 is 0. The monoisotopic (exact) mass is 217 g/mol. The molecule has 1 rings (SSSR count). The Balaban J connectivity index is 2.91. The van der Waals surface area contributed by atoms with Crippen LogP contribution in [0.15, 0.2) is 6.07 Å². The molecule has 1 aromatic rings. The van der Waals surface area contributed by atoms with Gasteiger partial charge in [-0.25, -0.2) is 4.98 Å². The van der Waals surface area contributed by atoms with Gasteiger partial charge in [-0.2, -0.15) is 5.26 Å². The summed E-state index contributed by atoms with van der Waals surface area (Å²) in [6.07, 6.45) is 1.12. The molecule has 0 spiro atoms. The molecule has 1 aromatic heterocycles. The highest BCUT2D eigenvalue weighted by atomic mass is 15.0. The third-order valence-corrected chi connectivity index (χ3v) is 2.77. The minimum Gasteiger partial charge on any atom is -0.369 e. The SMILES string of the molecule is CCC(C)CNc1nc(C)cc(C)c1C#N. The minimum atomic E-state index is 0.592. The Morgan fingerprint density at radius 1 is 1.50 bits per heavy atom. The summed E-state index contributed by atoms with van der Waals surface area (Å²) in [5.41, 5.74) is 2.60. The van der Waals surface area contributed by atoms with E-state index >= 15 is 0 Å². The van der Waals surface area contributed by atoms with Crippen LogP contribution >= 0.6 is 0 Å². The molecule has 1 N–H and O–H groups in total. The molecule has 0 aliphatic heterocycles. The average Bonchev–Trinajstić information content (AvgIpc) is 2.25. The average molecular weight is 217 g/mol. The summed E-state index contributed by atoms with van der Waals surface area (Å²) in [7, 11) is 0. The highest BCUT2D eigenvalue weighted by Crippen LogP contribution is 2.18. The van der Waals surface area contributed by atoms with Gasteiger partial charge in [0.25, 0.3) is 0 Å². The van der Waals surface area contributed by atoms with Crippen LogP contribution in [-0.4, -0.2) is 11.5 Å². The van der Waals surface area contributed by atoms with Crippen LogP contribution in [0.2, 0.25) is 0 Å². The van der Waals surface area contributed by atoms with Crippen molar-refractivity contribution in [1.29, 1.82) is 5.26 Å². The van der Waals surface area contributed by atoms with E-state index in [2.05, 4.69) is 30.2 Å². The van der Waals surface area contributed by atoms with E-state index < -0.39 is 0 Å². The maximum Gasteiger partial charge on any atom is 0.144 e. The highest BCUT2D eigenvalue weighted by molar-refractivity contribution is 5.56. The van der Waals surface area contributed by atoms with Crippen molar-refractivity contribution in [2.45, 2.75) is 34.1 Å². The number of rotatable bonds is 4. The van der Waals surface area contributed by atoms with Crippen LogP contribution in [0.1, 0.15) is 37.1 Å². The number of aromatic nitrogens is 1. The number of nitriles is 1. The summed E-state index contributed by atoms with van der Waals surface area (Å²) in [4.78, 5) is 4.38. The molecule has 0 amide bonds. The molecule has 3 nitrogen and oxygen atoms in total. The van der Waals surface area contributed by atoms with Crippen molar-refractivity contribution in [2.24, 2.45) is 5.92 Å². The fraction of sp³-hybridized carbons (Fsp3) is 0.538. The van der Waals surface area contributed by atoms with Gasteiger partial charge in [0.1, 0.15) is 11.9 Å². The van der Waals surface area contributed by atoms with Gasteiger partial charge in [-0.05, 0) is 31.4 Å². The number of aryl methyl sites for hydroxylation is 2. The Labute approximate surface area is 97.5 Å². The van der Waals surface area contributed by atoms with Crippen molar-refractivity contribution >= 4 is 5.82 Å². The van der Waals surface area contributed by atoms with E-state index in [0.717, 1.165) is 30.0 Å². The van der Waals surface area contributed by atoms with Gasteiger partial charge in [-0.3, -0.25) is 0 Å². The molecule has 0 saturated carbocycles. The van der Waals surface area contributed by atoms with Gasteiger partial charge in [0.05, 0.1) is 5.56 Å². The molecule has 0 aromatic carbocycles. The second-order valence-electron chi connectivity index (χ2n) is 4.31. The number of anilines is 1. The van der Waals surface area contributed by atoms with Crippen LogP contribution < -0.4 is 5.32 Å². The van der Waals surface area contributed by atoms with E-state index in [0.29, 0.717) is 11.5 Å².